The van der Waals surface area contributed by atoms with Gasteiger partial charge in [-0.3, -0.25) is 4.68 Å². The highest BCUT2D eigenvalue weighted by molar-refractivity contribution is 5.60. The van der Waals surface area contributed by atoms with Gasteiger partial charge in [-0.2, -0.15) is 5.10 Å². The van der Waals surface area contributed by atoms with Crippen LogP contribution in [0.25, 0.3) is 11.3 Å². The maximum atomic E-state index is 12.2. The third kappa shape index (κ3) is 4.99. The Kier molecular flexibility index (Phi) is 5.30. The van der Waals surface area contributed by atoms with Crippen LogP contribution in [0.1, 0.15) is 26.0 Å². The van der Waals surface area contributed by atoms with Gasteiger partial charge < -0.3 is 9.84 Å². The van der Waals surface area contributed by atoms with E-state index >= 15 is 0 Å². The minimum Gasteiger partial charge on any atom is -0.406 e. The molecule has 1 heterocycles. The summed E-state index contributed by atoms with van der Waals surface area (Å²) in [5.41, 5.74) is 1.95. The van der Waals surface area contributed by atoms with Crippen LogP contribution in [0.3, 0.4) is 0 Å². The number of hydrogen-bond donors (Lipinski definition) is 1. The lowest BCUT2D eigenvalue weighted by Crippen LogP contribution is -2.16. The van der Waals surface area contributed by atoms with Crippen LogP contribution in [0.5, 0.6) is 5.75 Å². The number of aliphatic hydroxyl groups is 1. The molecule has 0 amide bonds. The van der Waals surface area contributed by atoms with Crippen LogP contribution in [0, 0.1) is 5.92 Å². The number of ether oxygens (including phenoxy) is 1. The first-order chi connectivity index (χ1) is 10.8. The Morgan fingerprint density at radius 3 is 2.39 bits per heavy atom. The van der Waals surface area contributed by atoms with Crippen molar-refractivity contribution in [1.82, 2.24) is 9.78 Å². The van der Waals surface area contributed by atoms with Crippen LogP contribution in [0.15, 0.2) is 30.3 Å². The molecule has 0 saturated carbocycles. The van der Waals surface area contributed by atoms with Crippen molar-refractivity contribution in [2.45, 2.75) is 39.8 Å². The fourth-order valence-corrected chi connectivity index (χ4v) is 2.13. The van der Waals surface area contributed by atoms with Gasteiger partial charge in [-0.05, 0) is 42.7 Å². The molecule has 2 aromatic rings. The fraction of sp³-hybridized carbons (Fsp3) is 0.438. The van der Waals surface area contributed by atoms with Crippen molar-refractivity contribution in [3.05, 3.63) is 36.0 Å². The first-order valence-electron chi connectivity index (χ1n) is 7.32. The molecule has 0 saturated heterocycles. The van der Waals surface area contributed by atoms with E-state index in [1.54, 1.807) is 10.7 Å². The zero-order valence-corrected chi connectivity index (χ0v) is 13.0. The topological polar surface area (TPSA) is 47.3 Å². The van der Waals surface area contributed by atoms with Gasteiger partial charge in [0.2, 0.25) is 0 Å². The Morgan fingerprint density at radius 2 is 1.87 bits per heavy atom. The highest BCUT2D eigenvalue weighted by atomic mass is 19.4. The largest absolute Gasteiger partial charge is 0.573 e. The predicted octanol–water partition coefficient (Wildman–Crippen LogP) is 3.99. The number of hydrogen-bond acceptors (Lipinski definition) is 3. The van der Waals surface area contributed by atoms with Crippen molar-refractivity contribution in [2.24, 2.45) is 5.92 Å². The Hall–Kier alpha value is -2.02. The SMILES string of the molecule is CC(C)CCn1nc(-c2ccc(OC(F)(F)F)cc2)cc1CO. The van der Waals surface area contributed by atoms with E-state index in [2.05, 4.69) is 23.7 Å². The highest BCUT2D eigenvalue weighted by Crippen LogP contribution is 2.26. The van der Waals surface area contributed by atoms with Gasteiger partial charge in [-0.25, -0.2) is 0 Å². The van der Waals surface area contributed by atoms with E-state index in [0.717, 1.165) is 6.42 Å². The highest BCUT2D eigenvalue weighted by Gasteiger charge is 2.31. The van der Waals surface area contributed by atoms with Gasteiger partial charge in [0.15, 0.2) is 0 Å². The molecule has 0 atom stereocenters. The van der Waals surface area contributed by atoms with Gasteiger partial charge in [0.05, 0.1) is 18.0 Å². The molecule has 1 aromatic carbocycles. The molecular formula is C16H19F3N2O2. The molecule has 1 aromatic heterocycles. The Balaban J connectivity index is 2.18. The fourth-order valence-electron chi connectivity index (χ4n) is 2.13. The van der Waals surface area contributed by atoms with Gasteiger partial charge in [-0.1, -0.05) is 13.8 Å². The number of rotatable bonds is 6. The van der Waals surface area contributed by atoms with Crippen molar-refractivity contribution in [3.8, 4) is 17.0 Å². The molecule has 7 heteroatoms. The summed E-state index contributed by atoms with van der Waals surface area (Å²) in [5.74, 6) is 0.232. The van der Waals surface area contributed by atoms with Gasteiger partial charge in [0.25, 0.3) is 0 Å². The predicted molar refractivity (Wildman–Crippen MR) is 79.7 cm³/mol. The summed E-state index contributed by atoms with van der Waals surface area (Å²) in [6, 6.07) is 7.25. The van der Waals surface area contributed by atoms with Gasteiger partial charge in [-0.15, -0.1) is 13.2 Å². The maximum absolute atomic E-state index is 12.2. The smallest absolute Gasteiger partial charge is 0.406 e. The van der Waals surface area contributed by atoms with E-state index in [0.29, 0.717) is 29.4 Å². The Labute approximate surface area is 132 Å². The van der Waals surface area contributed by atoms with Crippen molar-refractivity contribution >= 4 is 0 Å². The second-order valence-corrected chi connectivity index (χ2v) is 5.66. The third-order valence-corrected chi connectivity index (χ3v) is 3.33. The third-order valence-electron chi connectivity index (χ3n) is 3.33. The number of benzene rings is 1. The molecule has 126 valence electrons. The number of aliphatic hydroxyl groups excluding tert-OH is 1. The molecule has 0 aliphatic rings. The number of alkyl halides is 3. The molecule has 4 nitrogen and oxygen atoms in total. The lowest BCUT2D eigenvalue weighted by Gasteiger charge is -2.08. The molecule has 1 N–H and O–H groups in total. The minimum atomic E-state index is -4.70. The van der Waals surface area contributed by atoms with E-state index in [1.807, 2.05) is 0 Å². The standard InChI is InChI=1S/C16H19F3N2O2/c1-11(2)7-8-21-13(10-22)9-15(20-21)12-3-5-14(6-4-12)23-16(17,18)19/h3-6,9,11,22H,7-8,10H2,1-2H3. The van der Waals surface area contributed by atoms with Crippen molar-refractivity contribution < 1.29 is 23.0 Å². The summed E-state index contributed by atoms with van der Waals surface area (Å²) in [4.78, 5) is 0. The number of halogens is 3. The molecule has 0 aliphatic heterocycles. The number of aryl methyl sites for hydroxylation is 1. The van der Waals surface area contributed by atoms with Crippen LogP contribution < -0.4 is 4.74 Å². The van der Waals surface area contributed by atoms with E-state index in [4.69, 9.17) is 0 Å². The summed E-state index contributed by atoms with van der Waals surface area (Å²) < 4.78 is 42.0. The van der Waals surface area contributed by atoms with E-state index in [9.17, 15) is 18.3 Å². The molecule has 0 bridgehead atoms. The van der Waals surface area contributed by atoms with Gasteiger partial charge >= 0.3 is 6.36 Å². The molecule has 0 spiro atoms. The molecule has 0 radical (unpaired) electrons. The zero-order valence-electron chi connectivity index (χ0n) is 13.0. The molecule has 0 fully saturated rings. The summed E-state index contributed by atoms with van der Waals surface area (Å²) in [6.45, 7) is 4.74. The second-order valence-electron chi connectivity index (χ2n) is 5.66. The van der Waals surface area contributed by atoms with Crippen molar-refractivity contribution in [1.29, 1.82) is 0 Å². The van der Waals surface area contributed by atoms with Crippen LogP contribution in [0.2, 0.25) is 0 Å². The van der Waals surface area contributed by atoms with Crippen LogP contribution in [-0.4, -0.2) is 21.2 Å². The van der Waals surface area contributed by atoms with Gasteiger partial charge in [0, 0.05) is 12.1 Å². The molecule has 0 aliphatic carbocycles. The van der Waals surface area contributed by atoms with Crippen molar-refractivity contribution in [2.75, 3.05) is 0 Å². The maximum Gasteiger partial charge on any atom is 0.573 e. The molecule has 0 unspecified atom stereocenters. The minimum absolute atomic E-state index is 0.139. The van der Waals surface area contributed by atoms with Crippen molar-refractivity contribution in [3.63, 3.8) is 0 Å². The summed E-state index contributed by atoms with van der Waals surface area (Å²) >= 11 is 0. The average Bonchev–Trinajstić information content (AvgIpc) is 2.87. The first-order valence-corrected chi connectivity index (χ1v) is 7.32. The first kappa shape index (κ1) is 17.3. The molecule has 2 rings (SSSR count). The zero-order chi connectivity index (χ0) is 17.0. The Morgan fingerprint density at radius 1 is 1.22 bits per heavy atom. The molecular weight excluding hydrogens is 309 g/mol. The quantitative estimate of drug-likeness (QED) is 0.872. The summed E-state index contributed by atoms with van der Waals surface area (Å²) in [7, 11) is 0. The van der Waals surface area contributed by atoms with E-state index < -0.39 is 6.36 Å². The monoisotopic (exact) mass is 328 g/mol. The van der Waals surface area contributed by atoms with Crippen LogP contribution in [0.4, 0.5) is 13.2 Å². The van der Waals surface area contributed by atoms with Crippen LogP contribution >= 0.6 is 0 Å². The lowest BCUT2D eigenvalue weighted by molar-refractivity contribution is -0.274. The van der Waals surface area contributed by atoms with Gasteiger partial charge in [0.1, 0.15) is 5.75 Å². The van der Waals surface area contributed by atoms with E-state index in [-0.39, 0.29) is 12.4 Å². The van der Waals surface area contributed by atoms with Crippen LogP contribution in [-0.2, 0) is 13.2 Å². The number of nitrogens with zero attached hydrogens (tertiary/aromatic N) is 2. The lowest BCUT2D eigenvalue weighted by atomic mass is 10.1. The summed E-state index contributed by atoms with van der Waals surface area (Å²) in [6.07, 6.45) is -3.78. The second kappa shape index (κ2) is 7.04. The molecule has 23 heavy (non-hydrogen) atoms. The normalized spacial score (nSPS) is 12.0. The van der Waals surface area contributed by atoms with E-state index in [1.165, 1.54) is 24.3 Å². The number of aromatic nitrogens is 2. The summed E-state index contributed by atoms with van der Waals surface area (Å²) in [5, 5.41) is 13.8. The average molecular weight is 328 g/mol. The Bertz CT molecular complexity index is 634.